The summed E-state index contributed by atoms with van der Waals surface area (Å²) in [5.41, 5.74) is 4.51. The molecule has 0 saturated heterocycles. The summed E-state index contributed by atoms with van der Waals surface area (Å²) in [6.07, 6.45) is 1.09. The standard InChI is InChI=1S/C14H25N/c1-9(2)12-8-11(14(5,6)7)13(15-12)10(3)4/h9-10H,8H2,1-7H3. The first-order valence-corrected chi connectivity index (χ1v) is 6.04. The lowest BCUT2D eigenvalue weighted by molar-refractivity contribution is 0.485. The van der Waals surface area contributed by atoms with Gasteiger partial charge in [0.25, 0.3) is 0 Å². The highest BCUT2D eigenvalue weighted by Crippen LogP contribution is 2.39. The fourth-order valence-corrected chi connectivity index (χ4v) is 1.99. The van der Waals surface area contributed by atoms with Gasteiger partial charge in [-0.15, -0.1) is 0 Å². The Kier molecular flexibility index (Phi) is 3.42. The minimum absolute atomic E-state index is 0.264. The van der Waals surface area contributed by atoms with Crippen LogP contribution in [0.2, 0.25) is 0 Å². The van der Waals surface area contributed by atoms with Crippen molar-refractivity contribution in [2.45, 2.75) is 54.9 Å². The molecule has 0 saturated carbocycles. The summed E-state index contributed by atoms with van der Waals surface area (Å²) in [5, 5.41) is 0. The maximum atomic E-state index is 4.83. The fraction of sp³-hybridized carbons (Fsp3) is 0.786. The highest BCUT2D eigenvalue weighted by atomic mass is 14.8. The normalized spacial score (nSPS) is 18.1. The Morgan fingerprint density at radius 3 is 1.80 bits per heavy atom. The van der Waals surface area contributed by atoms with Gasteiger partial charge in [-0.25, -0.2) is 0 Å². The van der Waals surface area contributed by atoms with E-state index in [1.807, 2.05) is 0 Å². The molecule has 1 rings (SSSR count). The quantitative estimate of drug-likeness (QED) is 0.634. The van der Waals surface area contributed by atoms with E-state index in [1.54, 1.807) is 5.57 Å². The van der Waals surface area contributed by atoms with Crippen molar-refractivity contribution in [3.63, 3.8) is 0 Å². The largest absolute Gasteiger partial charge is 0.261 e. The summed E-state index contributed by atoms with van der Waals surface area (Å²) in [6.45, 7) is 15.9. The van der Waals surface area contributed by atoms with Crippen molar-refractivity contribution in [3.05, 3.63) is 11.3 Å². The maximum Gasteiger partial charge on any atom is 0.0429 e. The van der Waals surface area contributed by atoms with E-state index >= 15 is 0 Å². The van der Waals surface area contributed by atoms with Crippen molar-refractivity contribution in [2.24, 2.45) is 22.2 Å². The maximum absolute atomic E-state index is 4.83. The van der Waals surface area contributed by atoms with Gasteiger partial charge in [0.15, 0.2) is 0 Å². The number of allylic oxidation sites excluding steroid dienone is 2. The molecular weight excluding hydrogens is 182 g/mol. The summed E-state index contributed by atoms with van der Waals surface area (Å²) in [5.74, 6) is 1.13. The highest BCUT2D eigenvalue weighted by Gasteiger charge is 2.29. The van der Waals surface area contributed by atoms with Gasteiger partial charge >= 0.3 is 0 Å². The Bertz CT molecular complexity index is 298. The van der Waals surface area contributed by atoms with Gasteiger partial charge in [0, 0.05) is 17.8 Å². The second-order valence-electron chi connectivity index (χ2n) is 6.20. The number of hydrogen-bond acceptors (Lipinski definition) is 1. The number of nitrogens with zero attached hydrogens (tertiary/aromatic N) is 1. The lowest BCUT2D eigenvalue weighted by Gasteiger charge is -2.23. The Labute approximate surface area is 94.7 Å². The Morgan fingerprint density at radius 1 is 1.00 bits per heavy atom. The summed E-state index contributed by atoms with van der Waals surface area (Å²) in [7, 11) is 0. The second kappa shape index (κ2) is 4.11. The molecule has 0 atom stereocenters. The van der Waals surface area contributed by atoms with E-state index in [-0.39, 0.29) is 5.41 Å². The molecule has 1 aliphatic rings. The van der Waals surface area contributed by atoms with Gasteiger partial charge < -0.3 is 0 Å². The molecule has 0 bridgehead atoms. The number of hydrogen-bond donors (Lipinski definition) is 0. The summed E-state index contributed by atoms with van der Waals surface area (Å²) < 4.78 is 0. The minimum atomic E-state index is 0.264. The molecule has 0 radical (unpaired) electrons. The van der Waals surface area contributed by atoms with Crippen LogP contribution in [0.1, 0.15) is 54.9 Å². The molecule has 1 heteroatoms. The third-order valence-corrected chi connectivity index (χ3v) is 3.05. The molecule has 0 unspecified atom stereocenters. The summed E-state index contributed by atoms with van der Waals surface area (Å²) in [4.78, 5) is 4.83. The van der Waals surface area contributed by atoms with E-state index in [1.165, 1.54) is 11.4 Å². The molecule has 0 aromatic rings. The molecular formula is C14H25N. The van der Waals surface area contributed by atoms with Gasteiger partial charge in [0.05, 0.1) is 0 Å². The van der Waals surface area contributed by atoms with Gasteiger partial charge in [-0.3, -0.25) is 4.99 Å². The molecule has 0 aromatic carbocycles. The van der Waals surface area contributed by atoms with Gasteiger partial charge in [-0.2, -0.15) is 0 Å². The molecule has 1 heterocycles. The van der Waals surface area contributed by atoms with Crippen LogP contribution in [0.15, 0.2) is 16.3 Å². The van der Waals surface area contributed by atoms with E-state index in [4.69, 9.17) is 4.99 Å². The van der Waals surface area contributed by atoms with Crippen molar-refractivity contribution in [1.82, 2.24) is 0 Å². The van der Waals surface area contributed by atoms with Crippen LogP contribution in [0.5, 0.6) is 0 Å². The van der Waals surface area contributed by atoms with Crippen LogP contribution in [-0.4, -0.2) is 5.71 Å². The number of rotatable bonds is 2. The highest BCUT2D eigenvalue weighted by molar-refractivity contribution is 5.91. The molecule has 0 aromatic heterocycles. The van der Waals surface area contributed by atoms with Crippen LogP contribution >= 0.6 is 0 Å². The van der Waals surface area contributed by atoms with Crippen LogP contribution in [0, 0.1) is 17.3 Å². The Balaban J connectivity index is 3.03. The molecule has 86 valence electrons. The first-order valence-electron chi connectivity index (χ1n) is 6.04. The van der Waals surface area contributed by atoms with Gasteiger partial charge in [-0.05, 0) is 22.8 Å². The second-order valence-corrected chi connectivity index (χ2v) is 6.20. The molecule has 0 fully saturated rings. The van der Waals surface area contributed by atoms with Crippen molar-refractivity contribution in [3.8, 4) is 0 Å². The molecule has 0 aliphatic carbocycles. The monoisotopic (exact) mass is 207 g/mol. The van der Waals surface area contributed by atoms with Crippen molar-refractivity contribution >= 4 is 5.71 Å². The first kappa shape index (κ1) is 12.5. The molecule has 1 nitrogen and oxygen atoms in total. The topological polar surface area (TPSA) is 12.4 Å². The SMILES string of the molecule is CC(C)C1=NC(C(C)C)=C(C(C)(C)C)C1. The average Bonchev–Trinajstić information content (AvgIpc) is 2.45. The average molecular weight is 207 g/mol. The first-order chi connectivity index (χ1) is 6.73. The molecule has 0 spiro atoms. The van der Waals surface area contributed by atoms with E-state index < -0.39 is 0 Å². The van der Waals surface area contributed by atoms with Crippen molar-refractivity contribution in [1.29, 1.82) is 0 Å². The Hall–Kier alpha value is -0.590. The van der Waals surface area contributed by atoms with E-state index in [2.05, 4.69) is 48.5 Å². The van der Waals surface area contributed by atoms with E-state index in [0.717, 1.165) is 6.42 Å². The zero-order valence-electron chi connectivity index (χ0n) is 11.3. The lowest BCUT2D eigenvalue weighted by atomic mass is 9.81. The zero-order chi connectivity index (χ0) is 11.8. The van der Waals surface area contributed by atoms with Gasteiger partial charge in [0.1, 0.15) is 0 Å². The number of aliphatic imine (C=N–C) groups is 1. The van der Waals surface area contributed by atoms with Crippen molar-refractivity contribution < 1.29 is 0 Å². The van der Waals surface area contributed by atoms with Crippen LogP contribution in [0.25, 0.3) is 0 Å². The Morgan fingerprint density at radius 2 is 1.53 bits per heavy atom. The predicted octanol–water partition coefficient (Wildman–Crippen LogP) is 4.44. The summed E-state index contributed by atoms with van der Waals surface area (Å²) in [6, 6.07) is 0. The molecule has 15 heavy (non-hydrogen) atoms. The zero-order valence-corrected chi connectivity index (χ0v) is 11.3. The minimum Gasteiger partial charge on any atom is -0.261 e. The third-order valence-electron chi connectivity index (χ3n) is 3.05. The van der Waals surface area contributed by atoms with Gasteiger partial charge in [-0.1, -0.05) is 48.5 Å². The molecule has 0 N–H and O–H groups in total. The van der Waals surface area contributed by atoms with Crippen LogP contribution in [-0.2, 0) is 0 Å². The van der Waals surface area contributed by atoms with Crippen LogP contribution in [0.4, 0.5) is 0 Å². The summed E-state index contributed by atoms with van der Waals surface area (Å²) >= 11 is 0. The van der Waals surface area contributed by atoms with E-state index in [9.17, 15) is 0 Å². The van der Waals surface area contributed by atoms with E-state index in [0.29, 0.717) is 11.8 Å². The van der Waals surface area contributed by atoms with Crippen molar-refractivity contribution in [2.75, 3.05) is 0 Å². The third kappa shape index (κ3) is 2.70. The molecule has 1 aliphatic heterocycles. The van der Waals surface area contributed by atoms with Crippen LogP contribution < -0.4 is 0 Å². The molecule has 0 amide bonds. The van der Waals surface area contributed by atoms with Crippen LogP contribution in [0.3, 0.4) is 0 Å². The van der Waals surface area contributed by atoms with Gasteiger partial charge in [0.2, 0.25) is 0 Å². The fourth-order valence-electron chi connectivity index (χ4n) is 1.99. The predicted molar refractivity (Wildman–Crippen MR) is 68.2 cm³/mol. The lowest BCUT2D eigenvalue weighted by Crippen LogP contribution is -2.14. The smallest absolute Gasteiger partial charge is 0.0429 e.